The van der Waals surface area contributed by atoms with E-state index in [9.17, 15) is 0 Å². The topological polar surface area (TPSA) is 29.5 Å². The molecule has 0 saturated carbocycles. The molecule has 0 spiro atoms. The fourth-order valence-corrected chi connectivity index (χ4v) is 0.984. The van der Waals surface area contributed by atoms with Crippen molar-refractivity contribution in [1.29, 1.82) is 0 Å². The summed E-state index contributed by atoms with van der Waals surface area (Å²) in [4.78, 5) is 0. The van der Waals surface area contributed by atoms with Gasteiger partial charge in [-0.1, -0.05) is 30.3 Å². The van der Waals surface area contributed by atoms with E-state index in [1.807, 2.05) is 30.3 Å². The van der Waals surface area contributed by atoms with Gasteiger partial charge in [0.2, 0.25) is 0 Å². The molecule has 0 amide bonds. The molecule has 0 fully saturated rings. The Labute approximate surface area is 66.9 Å². The number of hydrogen-bond donors (Lipinski definition) is 1. The Bertz CT molecular complexity index is 197. The molecule has 1 rings (SSSR count). The molecule has 0 aliphatic heterocycles. The van der Waals surface area contributed by atoms with Crippen LogP contribution in [0.3, 0.4) is 0 Å². The average Bonchev–Trinajstić information content (AvgIpc) is 2.09. The Kier molecular flexibility index (Phi) is 3.14. The average molecular weight is 150 g/mol. The first-order valence-electron chi connectivity index (χ1n) is 3.57. The summed E-state index contributed by atoms with van der Waals surface area (Å²) < 4.78 is 5.04. The molecule has 0 aromatic heterocycles. The summed E-state index contributed by atoms with van der Waals surface area (Å²) in [6.45, 7) is -0.156. The highest BCUT2D eigenvalue weighted by Crippen LogP contribution is 1.87. The Morgan fingerprint density at radius 2 is 2.00 bits per heavy atom. The first-order valence-corrected chi connectivity index (χ1v) is 3.57. The third-order valence-corrected chi connectivity index (χ3v) is 1.62. The summed E-state index contributed by atoms with van der Waals surface area (Å²) >= 11 is 0. The van der Waals surface area contributed by atoms with E-state index in [4.69, 9.17) is 9.76 Å². The lowest BCUT2D eigenvalue weighted by atomic mass is 9.62. The summed E-state index contributed by atoms with van der Waals surface area (Å²) in [6, 6.07) is 9.66. The molecule has 3 heteroatoms. The lowest BCUT2D eigenvalue weighted by Crippen LogP contribution is -2.36. The van der Waals surface area contributed by atoms with E-state index in [1.54, 1.807) is 7.11 Å². The molecule has 1 aromatic rings. The van der Waals surface area contributed by atoms with Gasteiger partial charge in [0.15, 0.2) is 0 Å². The van der Waals surface area contributed by atoms with Crippen molar-refractivity contribution >= 4 is 12.4 Å². The highest BCUT2D eigenvalue weighted by Gasteiger charge is 2.13. The van der Waals surface area contributed by atoms with Gasteiger partial charge < -0.3 is 9.76 Å². The lowest BCUT2D eigenvalue weighted by Gasteiger charge is -2.06. The molecule has 1 N–H and O–H groups in total. The second kappa shape index (κ2) is 4.16. The zero-order chi connectivity index (χ0) is 8.10. The number of aliphatic hydroxyl groups excluding tert-OH is 1. The van der Waals surface area contributed by atoms with E-state index in [-0.39, 0.29) is 13.4 Å². The van der Waals surface area contributed by atoms with Crippen molar-refractivity contribution in [2.75, 3.05) is 13.6 Å². The second-order valence-corrected chi connectivity index (χ2v) is 2.32. The van der Waals surface area contributed by atoms with Crippen LogP contribution in [-0.4, -0.2) is 25.6 Å². The highest BCUT2D eigenvalue weighted by molar-refractivity contribution is 6.67. The molecule has 0 aliphatic carbocycles. The van der Waals surface area contributed by atoms with E-state index in [2.05, 4.69) is 0 Å². The smallest absolute Gasteiger partial charge is 0.353 e. The van der Waals surface area contributed by atoms with Crippen LogP contribution in [0.25, 0.3) is 0 Å². The molecule has 0 saturated heterocycles. The monoisotopic (exact) mass is 150 g/mol. The van der Waals surface area contributed by atoms with Crippen LogP contribution in [-0.2, 0) is 4.65 Å². The second-order valence-electron chi connectivity index (χ2n) is 2.32. The molecular formula is C8H11BO2. The van der Waals surface area contributed by atoms with Crippen molar-refractivity contribution in [3.63, 3.8) is 0 Å². The normalized spacial score (nSPS) is 9.64. The Morgan fingerprint density at radius 1 is 1.36 bits per heavy atom. The summed E-state index contributed by atoms with van der Waals surface area (Å²) in [5.41, 5.74) is 1.01. The van der Waals surface area contributed by atoms with Crippen LogP contribution in [0.15, 0.2) is 30.3 Å². The Balaban J connectivity index is 2.74. The number of benzene rings is 1. The van der Waals surface area contributed by atoms with Crippen molar-refractivity contribution in [2.24, 2.45) is 0 Å². The van der Waals surface area contributed by atoms with Gasteiger partial charge in [-0.15, -0.1) is 0 Å². The number of rotatable bonds is 3. The predicted octanol–water partition coefficient (Wildman–Crippen LogP) is 0.0630. The molecule has 2 nitrogen and oxygen atoms in total. The maximum atomic E-state index is 8.85. The summed E-state index contributed by atoms with van der Waals surface area (Å²) in [7, 11) is 1.59. The Hall–Kier alpha value is -0.795. The lowest BCUT2D eigenvalue weighted by molar-refractivity contribution is 0.322. The van der Waals surface area contributed by atoms with Crippen molar-refractivity contribution in [3.8, 4) is 0 Å². The first-order chi connectivity index (χ1) is 5.38. The highest BCUT2D eigenvalue weighted by atomic mass is 16.4. The fourth-order valence-electron chi connectivity index (χ4n) is 0.984. The van der Waals surface area contributed by atoms with Gasteiger partial charge in [0.25, 0.3) is 0 Å². The molecule has 0 bridgehead atoms. The summed E-state index contributed by atoms with van der Waals surface area (Å²) in [5.74, 6) is 0. The van der Waals surface area contributed by atoms with Crippen LogP contribution in [0, 0.1) is 0 Å². The molecule has 0 radical (unpaired) electrons. The van der Waals surface area contributed by atoms with Crippen LogP contribution in [0.2, 0.25) is 0 Å². The molecule has 0 heterocycles. The minimum atomic E-state index is -0.184. The fraction of sp³-hybridized carbons (Fsp3) is 0.250. The van der Waals surface area contributed by atoms with Crippen LogP contribution in [0.4, 0.5) is 0 Å². The standard InChI is InChI=1S/C8H11BO2/c1-11-9(7-10)8-5-3-2-4-6-8/h2-6,10H,7H2,1H3. The van der Waals surface area contributed by atoms with E-state index in [0.29, 0.717) is 0 Å². The minimum Gasteiger partial charge on any atom is -0.432 e. The van der Waals surface area contributed by atoms with E-state index in [1.165, 1.54) is 0 Å². The minimum absolute atomic E-state index is 0.0283. The van der Waals surface area contributed by atoms with Crippen molar-refractivity contribution in [1.82, 2.24) is 0 Å². The van der Waals surface area contributed by atoms with Crippen molar-refractivity contribution in [2.45, 2.75) is 0 Å². The van der Waals surface area contributed by atoms with Gasteiger partial charge in [0.05, 0.1) is 6.51 Å². The van der Waals surface area contributed by atoms with Crippen LogP contribution in [0.1, 0.15) is 0 Å². The summed E-state index contributed by atoms with van der Waals surface area (Å²) in [5, 5.41) is 8.85. The molecule has 0 atom stereocenters. The number of aliphatic hydroxyl groups is 1. The third-order valence-electron chi connectivity index (χ3n) is 1.62. The van der Waals surface area contributed by atoms with Gasteiger partial charge >= 0.3 is 6.92 Å². The van der Waals surface area contributed by atoms with Crippen LogP contribution < -0.4 is 5.46 Å². The van der Waals surface area contributed by atoms with Gasteiger partial charge in [-0.3, -0.25) is 0 Å². The molecule has 58 valence electrons. The van der Waals surface area contributed by atoms with Gasteiger partial charge in [-0.25, -0.2) is 0 Å². The maximum absolute atomic E-state index is 8.85. The molecular weight excluding hydrogens is 139 g/mol. The molecule has 0 aliphatic rings. The third kappa shape index (κ3) is 2.07. The van der Waals surface area contributed by atoms with E-state index >= 15 is 0 Å². The van der Waals surface area contributed by atoms with Gasteiger partial charge in [-0.05, 0) is 5.46 Å². The molecule has 1 aromatic carbocycles. The first kappa shape index (κ1) is 8.30. The van der Waals surface area contributed by atoms with Gasteiger partial charge in [0.1, 0.15) is 0 Å². The van der Waals surface area contributed by atoms with Crippen LogP contribution in [0.5, 0.6) is 0 Å². The van der Waals surface area contributed by atoms with Gasteiger partial charge in [-0.2, -0.15) is 0 Å². The van der Waals surface area contributed by atoms with E-state index in [0.717, 1.165) is 5.46 Å². The largest absolute Gasteiger partial charge is 0.432 e. The zero-order valence-corrected chi connectivity index (χ0v) is 6.53. The quantitative estimate of drug-likeness (QED) is 0.617. The molecule has 11 heavy (non-hydrogen) atoms. The Morgan fingerprint density at radius 3 is 2.45 bits per heavy atom. The van der Waals surface area contributed by atoms with Crippen molar-refractivity contribution in [3.05, 3.63) is 30.3 Å². The van der Waals surface area contributed by atoms with Crippen LogP contribution >= 0.6 is 0 Å². The predicted molar refractivity (Wildman–Crippen MR) is 45.9 cm³/mol. The SMILES string of the molecule is COB(CO)c1ccccc1. The number of hydrogen-bond acceptors (Lipinski definition) is 2. The van der Waals surface area contributed by atoms with Gasteiger partial charge in [0, 0.05) is 7.11 Å². The maximum Gasteiger partial charge on any atom is 0.353 e. The zero-order valence-electron chi connectivity index (χ0n) is 6.53. The van der Waals surface area contributed by atoms with E-state index < -0.39 is 0 Å². The molecule has 0 unspecified atom stereocenters. The van der Waals surface area contributed by atoms with Crippen molar-refractivity contribution < 1.29 is 9.76 Å². The summed E-state index contributed by atoms with van der Waals surface area (Å²) in [6.07, 6.45) is 0.